The Morgan fingerprint density at radius 1 is 1.17 bits per heavy atom. The van der Waals surface area contributed by atoms with Gasteiger partial charge in [0.05, 0.1) is 12.7 Å². The second-order valence-electron chi connectivity index (χ2n) is 4.92. The molecule has 1 heterocycles. The van der Waals surface area contributed by atoms with Crippen molar-refractivity contribution in [1.29, 1.82) is 0 Å². The molecule has 94 valence electrons. The fourth-order valence-electron chi connectivity index (χ4n) is 2.81. The van der Waals surface area contributed by atoms with E-state index in [0.717, 1.165) is 23.7 Å². The van der Waals surface area contributed by atoms with Gasteiger partial charge in [0.25, 0.3) is 0 Å². The highest BCUT2D eigenvalue weighted by Crippen LogP contribution is 2.27. The molecular formula is C15H17NO2. The third kappa shape index (κ3) is 1.80. The molecule has 1 aliphatic rings. The van der Waals surface area contributed by atoms with E-state index >= 15 is 0 Å². The molecule has 0 fully saturated rings. The van der Waals surface area contributed by atoms with Gasteiger partial charge in [-0.15, -0.1) is 0 Å². The van der Waals surface area contributed by atoms with Gasteiger partial charge in [0.2, 0.25) is 0 Å². The number of methoxy groups -OCH3 is 1. The predicted octanol–water partition coefficient (Wildman–Crippen LogP) is 3.22. The summed E-state index contributed by atoms with van der Waals surface area (Å²) in [7, 11) is 1.42. The summed E-state index contributed by atoms with van der Waals surface area (Å²) >= 11 is 0. The number of H-pyrrole nitrogens is 1. The van der Waals surface area contributed by atoms with Gasteiger partial charge in [0.15, 0.2) is 0 Å². The summed E-state index contributed by atoms with van der Waals surface area (Å²) in [5, 5.41) is 0.988. The van der Waals surface area contributed by atoms with Crippen molar-refractivity contribution in [1.82, 2.24) is 4.98 Å². The molecule has 0 atom stereocenters. The molecule has 3 rings (SSSR count). The van der Waals surface area contributed by atoms with Crippen molar-refractivity contribution in [3.8, 4) is 0 Å². The highest BCUT2D eigenvalue weighted by Gasteiger charge is 2.15. The molecule has 1 N–H and O–H groups in total. The molecule has 3 heteroatoms. The molecule has 0 aliphatic heterocycles. The molecule has 0 unspecified atom stereocenters. The number of benzene rings is 1. The molecular weight excluding hydrogens is 226 g/mol. The lowest BCUT2D eigenvalue weighted by molar-refractivity contribution is 0.0603. The number of fused-ring (bicyclic) bond motifs is 2. The SMILES string of the molecule is COC(=O)c1c[nH]c2cc3c(cc12)CCCCC3. The molecule has 1 aromatic heterocycles. The predicted molar refractivity (Wildman–Crippen MR) is 70.9 cm³/mol. The number of rotatable bonds is 1. The van der Waals surface area contributed by atoms with Gasteiger partial charge in [-0.1, -0.05) is 6.42 Å². The Bertz CT molecular complexity index is 598. The van der Waals surface area contributed by atoms with Crippen molar-refractivity contribution >= 4 is 16.9 Å². The Morgan fingerprint density at radius 3 is 2.61 bits per heavy atom. The summed E-state index contributed by atoms with van der Waals surface area (Å²) in [5.74, 6) is -0.269. The standard InChI is InChI=1S/C15H17NO2/c1-18-15(17)13-9-16-14-8-11-6-4-2-3-5-10(11)7-12(13)14/h7-9,16H,2-6H2,1H3. The van der Waals surface area contributed by atoms with E-state index in [0.29, 0.717) is 5.56 Å². The monoisotopic (exact) mass is 243 g/mol. The maximum Gasteiger partial charge on any atom is 0.340 e. The summed E-state index contributed by atoms with van der Waals surface area (Å²) in [5.41, 5.74) is 4.50. The molecule has 3 nitrogen and oxygen atoms in total. The average Bonchev–Trinajstić information content (AvgIpc) is 2.65. The second kappa shape index (κ2) is 4.48. The van der Waals surface area contributed by atoms with Crippen molar-refractivity contribution in [2.24, 2.45) is 0 Å². The number of ether oxygens (including phenoxy) is 1. The van der Waals surface area contributed by atoms with E-state index in [9.17, 15) is 4.79 Å². The molecule has 0 bridgehead atoms. The van der Waals surface area contributed by atoms with Gasteiger partial charge < -0.3 is 9.72 Å². The van der Waals surface area contributed by atoms with Gasteiger partial charge in [-0.05, 0) is 48.9 Å². The summed E-state index contributed by atoms with van der Waals surface area (Å²) in [6, 6.07) is 4.36. The fourth-order valence-corrected chi connectivity index (χ4v) is 2.81. The topological polar surface area (TPSA) is 42.1 Å². The minimum atomic E-state index is -0.269. The minimum absolute atomic E-state index is 0.269. The number of aromatic amines is 1. The first-order chi connectivity index (χ1) is 8.79. The van der Waals surface area contributed by atoms with Crippen LogP contribution in [0.15, 0.2) is 18.3 Å². The number of carbonyl (C=O) groups is 1. The Kier molecular flexibility index (Phi) is 2.82. The van der Waals surface area contributed by atoms with Gasteiger partial charge in [-0.2, -0.15) is 0 Å². The van der Waals surface area contributed by atoms with Gasteiger partial charge >= 0.3 is 5.97 Å². The van der Waals surface area contributed by atoms with Crippen LogP contribution in [0.3, 0.4) is 0 Å². The molecule has 0 saturated carbocycles. The maximum atomic E-state index is 11.7. The van der Waals surface area contributed by atoms with Crippen LogP contribution >= 0.6 is 0 Å². The third-order valence-electron chi connectivity index (χ3n) is 3.80. The minimum Gasteiger partial charge on any atom is -0.465 e. The Labute approximate surface area is 106 Å². The largest absolute Gasteiger partial charge is 0.465 e. The van der Waals surface area contributed by atoms with Crippen LogP contribution in [0.25, 0.3) is 10.9 Å². The lowest BCUT2D eigenvalue weighted by Gasteiger charge is -2.06. The van der Waals surface area contributed by atoms with E-state index in [1.165, 1.54) is 37.5 Å². The number of hydrogen-bond acceptors (Lipinski definition) is 2. The van der Waals surface area contributed by atoms with Gasteiger partial charge in [-0.3, -0.25) is 0 Å². The van der Waals surface area contributed by atoms with E-state index < -0.39 is 0 Å². The van der Waals surface area contributed by atoms with E-state index in [2.05, 4.69) is 17.1 Å². The van der Waals surface area contributed by atoms with E-state index in [1.54, 1.807) is 6.20 Å². The fraction of sp³-hybridized carbons (Fsp3) is 0.400. The van der Waals surface area contributed by atoms with Gasteiger partial charge in [0, 0.05) is 17.1 Å². The molecule has 0 saturated heterocycles. The normalized spacial score (nSPS) is 15.2. The van der Waals surface area contributed by atoms with Gasteiger partial charge in [-0.25, -0.2) is 4.79 Å². The number of carbonyl (C=O) groups excluding carboxylic acids is 1. The Balaban J connectivity index is 2.15. The zero-order valence-corrected chi connectivity index (χ0v) is 10.6. The first-order valence-electron chi connectivity index (χ1n) is 6.51. The van der Waals surface area contributed by atoms with E-state index in [4.69, 9.17) is 4.74 Å². The molecule has 2 aromatic rings. The number of hydrogen-bond donors (Lipinski definition) is 1. The first-order valence-corrected chi connectivity index (χ1v) is 6.51. The maximum absolute atomic E-state index is 11.7. The van der Waals surface area contributed by atoms with E-state index in [-0.39, 0.29) is 5.97 Å². The number of esters is 1. The average molecular weight is 243 g/mol. The van der Waals surface area contributed by atoms with Crippen molar-refractivity contribution in [3.63, 3.8) is 0 Å². The third-order valence-corrected chi connectivity index (χ3v) is 3.80. The molecule has 18 heavy (non-hydrogen) atoms. The van der Waals surface area contributed by atoms with Crippen LogP contribution in [-0.2, 0) is 17.6 Å². The van der Waals surface area contributed by atoms with Crippen molar-refractivity contribution in [2.45, 2.75) is 32.1 Å². The summed E-state index contributed by atoms with van der Waals surface area (Å²) in [4.78, 5) is 14.9. The zero-order valence-electron chi connectivity index (χ0n) is 10.6. The first kappa shape index (κ1) is 11.3. The zero-order chi connectivity index (χ0) is 12.5. The summed E-state index contributed by atoms with van der Waals surface area (Å²) < 4.78 is 4.81. The molecule has 1 aliphatic carbocycles. The molecule has 1 aromatic carbocycles. The van der Waals surface area contributed by atoms with Crippen LogP contribution in [0.2, 0.25) is 0 Å². The Hall–Kier alpha value is -1.77. The number of aryl methyl sites for hydroxylation is 2. The van der Waals surface area contributed by atoms with Crippen molar-refractivity contribution < 1.29 is 9.53 Å². The van der Waals surface area contributed by atoms with E-state index in [1.807, 2.05) is 0 Å². The van der Waals surface area contributed by atoms with Crippen LogP contribution < -0.4 is 0 Å². The lowest BCUT2D eigenvalue weighted by Crippen LogP contribution is -2.00. The summed E-state index contributed by atoms with van der Waals surface area (Å²) in [6.45, 7) is 0. The van der Waals surface area contributed by atoms with Crippen LogP contribution in [0, 0.1) is 0 Å². The van der Waals surface area contributed by atoms with Crippen LogP contribution in [0.5, 0.6) is 0 Å². The number of nitrogens with one attached hydrogen (secondary N) is 1. The number of aromatic nitrogens is 1. The van der Waals surface area contributed by atoms with Crippen molar-refractivity contribution in [3.05, 3.63) is 35.0 Å². The molecule has 0 radical (unpaired) electrons. The second-order valence-corrected chi connectivity index (χ2v) is 4.92. The smallest absolute Gasteiger partial charge is 0.340 e. The quantitative estimate of drug-likeness (QED) is 0.617. The Morgan fingerprint density at radius 2 is 1.89 bits per heavy atom. The van der Waals surface area contributed by atoms with Crippen LogP contribution in [0.1, 0.15) is 40.7 Å². The summed E-state index contributed by atoms with van der Waals surface area (Å²) in [6.07, 6.45) is 7.83. The highest BCUT2D eigenvalue weighted by atomic mass is 16.5. The molecule has 0 spiro atoms. The lowest BCUT2D eigenvalue weighted by atomic mass is 9.99. The highest BCUT2D eigenvalue weighted by molar-refractivity contribution is 6.04. The van der Waals surface area contributed by atoms with Crippen LogP contribution in [-0.4, -0.2) is 18.1 Å². The van der Waals surface area contributed by atoms with Crippen LogP contribution in [0.4, 0.5) is 0 Å². The van der Waals surface area contributed by atoms with Gasteiger partial charge in [0.1, 0.15) is 0 Å². The molecule has 0 amide bonds. The van der Waals surface area contributed by atoms with Crippen molar-refractivity contribution in [2.75, 3.05) is 7.11 Å².